The molecule has 4 nitrogen and oxygen atoms in total. The van der Waals surface area contributed by atoms with Crippen molar-refractivity contribution in [2.24, 2.45) is 0 Å². The molecule has 2 aliphatic rings. The molecule has 1 aliphatic carbocycles. The zero-order valence-electron chi connectivity index (χ0n) is 14.1. The predicted molar refractivity (Wildman–Crippen MR) is 100 cm³/mol. The van der Waals surface area contributed by atoms with Gasteiger partial charge in [-0.25, -0.2) is 15.0 Å². The first-order valence-corrected chi connectivity index (χ1v) is 9.95. The lowest BCUT2D eigenvalue weighted by Gasteiger charge is -2.27. The maximum atomic E-state index is 4.94. The van der Waals surface area contributed by atoms with E-state index in [0.717, 1.165) is 29.3 Å². The second kappa shape index (κ2) is 5.66. The molecule has 124 valence electrons. The molecular weight excluding hydrogens is 316 g/mol. The van der Waals surface area contributed by atoms with E-state index in [1.54, 1.807) is 17.7 Å². The summed E-state index contributed by atoms with van der Waals surface area (Å²) in [5.41, 5.74) is 5.34. The fourth-order valence-corrected chi connectivity index (χ4v) is 5.59. The summed E-state index contributed by atoms with van der Waals surface area (Å²) in [6.07, 6.45) is 10.5. The third-order valence-corrected chi connectivity index (χ3v) is 6.63. The van der Waals surface area contributed by atoms with Gasteiger partial charge in [-0.15, -0.1) is 11.3 Å². The fraction of sp³-hybridized carbons (Fsp3) is 0.526. The summed E-state index contributed by atoms with van der Waals surface area (Å²) in [4.78, 5) is 17.9. The third-order valence-electron chi connectivity index (χ3n) is 5.57. The molecule has 5 heteroatoms. The number of hydrogen-bond acceptors (Lipinski definition) is 5. The maximum Gasteiger partial charge on any atom is 0.150 e. The molecule has 3 aromatic rings. The second-order valence-corrected chi connectivity index (χ2v) is 8.07. The maximum absolute atomic E-state index is 4.94. The number of aryl methyl sites for hydroxylation is 2. The van der Waals surface area contributed by atoms with Crippen LogP contribution in [0.4, 0.5) is 5.82 Å². The Kier molecular flexibility index (Phi) is 3.44. The first-order valence-electron chi connectivity index (χ1n) is 9.13. The van der Waals surface area contributed by atoms with E-state index in [9.17, 15) is 0 Å². The first-order chi connectivity index (χ1) is 11.8. The number of rotatable bonds is 1. The van der Waals surface area contributed by atoms with Crippen LogP contribution in [0.1, 0.15) is 48.9 Å². The predicted octanol–water partition coefficient (Wildman–Crippen LogP) is 4.42. The molecule has 0 unspecified atom stereocenters. The summed E-state index contributed by atoms with van der Waals surface area (Å²) in [6.45, 7) is 4.40. The summed E-state index contributed by atoms with van der Waals surface area (Å²) in [7, 11) is 0. The van der Waals surface area contributed by atoms with E-state index in [1.165, 1.54) is 71.9 Å². The van der Waals surface area contributed by atoms with E-state index in [-0.39, 0.29) is 0 Å². The van der Waals surface area contributed by atoms with Crippen LogP contribution in [0.15, 0.2) is 6.33 Å². The van der Waals surface area contributed by atoms with Crippen molar-refractivity contribution in [2.45, 2.75) is 51.9 Å². The zero-order chi connectivity index (χ0) is 16.1. The van der Waals surface area contributed by atoms with Crippen LogP contribution in [0.5, 0.6) is 0 Å². The molecule has 0 aromatic carbocycles. The zero-order valence-corrected chi connectivity index (χ0v) is 15.0. The van der Waals surface area contributed by atoms with Gasteiger partial charge in [0.05, 0.1) is 10.2 Å². The molecule has 0 spiro atoms. The van der Waals surface area contributed by atoms with E-state index >= 15 is 0 Å². The minimum atomic E-state index is 1.12. The lowest BCUT2D eigenvalue weighted by atomic mass is 9.89. The molecule has 24 heavy (non-hydrogen) atoms. The quantitative estimate of drug-likeness (QED) is 0.659. The van der Waals surface area contributed by atoms with Crippen LogP contribution in [0, 0.1) is 6.92 Å². The van der Waals surface area contributed by atoms with E-state index in [2.05, 4.69) is 16.8 Å². The Hall–Kier alpha value is -1.75. The van der Waals surface area contributed by atoms with Gasteiger partial charge in [-0.05, 0) is 63.0 Å². The number of hydrogen-bond donors (Lipinski definition) is 0. The van der Waals surface area contributed by atoms with Crippen LogP contribution in [0.25, 0.3) is 20.4 Å². The monoisotopic (exact) mass is 338 g/mol. The number of anilines is 1. The summed E-state index contributed by atoms with van der Waals surface area (Å²) < 4.78 is 1.24. The van der Waals surface area contributed by atoms with Crippen molar-refractivity contribution in [2.75, 3.05) is 18.0 Å². The van der Waals surface area contributed by atoms with Gasteiger partial charge in [0.2, 0.25) is 0 Å². The summed E-state index contributed by atoms with van der Waals surface area (Å²) >= 11 is 1.79. The number of fused-ring (bicyclic) bond motifs is 5. The van der Waals surface area contributed by atoms with Gasteiger partial charge >= 0.3 is 0 Å². The standard InChI is InChI=1S/C19H22N4S/c1-12-13-7-3-4-8-14(13)15-16-17(24-19(15)22-12)18(21-11-20-16)23-9-5-2-6-10-23/h11H,2-10H2,1H3. The molecule has 0 radical (unpaired) electrons. The average molecular weight is 338 g/mol. The first kappa shape index (κ1) is 14.6. The Balaban J connectivity index is 1.79. The van der Waals surface area contributed by atoms with Gasteiger partial charge in [0.15, 0.2) is 0 Å². The molecule has 0 amide bonds. The van der Waals surface area contributed by atoms with E-state index in [1.807, 2.05) is 0 Å². The van der Waals surface area contributed by atoms with Gasteiger partial charge in [0.25, 0.3) is 0 Å². The highest BCUT2D eigenvalue weighted by Gasteiger charge is 2.23. The van der Waals surface area contributed by atoms with E-state index in [4.69, 9.17) is 9.97 Å². The molecule has 1 saturated heterocycles. The van der Waals surface area contributed by atoms with Crippen LogP contribution in [0.3, 0.4) is 0 Å². The van der Waals surface area contributed by atoms with Crippen LogP contribution >= 0.6 is 11.3 Å². The van der Waals surface area contributed by atoms with Crippen molar-refractivity contribution in [3.05, 3.63) is 23.1 Å². The van der Waals surface area contributed by atoms with Gasteiger partial charge in [-0.1, -0.05) is 0 Å². The Labute approximate surface area is 145 Å². The topological polar surface area (TPSA) is 41.9 Å². The highest BCUT2D eigenvalue weighted by atomic mass is 32.1. The van der Waals surface area contributed by atoms with Crippen molar-refractivity contribution < 1.29 is 0 Å². The van der Waals surface area contributed by atoms with Crippen molar-refractivity contribution in [3.63, 3.8) is 0 Å². The van der Waals surface area contributed by atoms with Crippen LogP contribution in [0.2, 0.25) is 0 Å². The summed E-state index contributed by atoms with van der Waals surface area (Å²) in [6, 6.07) is 0. The lowest BCUT2D eigenvalue weighted by molar-refractivity contribution is 0.575. The Morgan fingerprint density at radius 1 is 0.958 bits per heavy atom. The minimum Gasteiger partial charge on any atom is -0.355 e. The smallest absolute Gasteiger partial charge is 0.150 e. The highest BCUT2D eigenvalue weighted by Crippen LogP contribution is 2.41. The SMILES string of the molecule is Cc1nc2sc3c(N4CCCCC4)ncnc3c2c2c1CCCC2. The van der Waals surface area contributed by atoms with Gasteiger partial charge in [0, 0.05) is 24.2 Å². The normalized spacial score (nSPS) is 18.3. The van der Waals surface area contributed by atoms with Gasteiger partial charge in [-0.2, -0.15) is 0 Å². The van der Waals surface area contributed by atoms with Crippen molar-refractivity contribution in [1.29, 1.82) is 0 Å². The van der Waals surface area contributed by atoms with Crippen LogP contribution in [-0.2, 0) is 12.8 Å². The number of piperidine rings is 1. The molecule has 0 bridgehead atoms. The molecule has 5 rings (SSSR count). The lowest BCUT2D eigenvalue weighted by Crippen LogP contribution is -2.30. The van der Waals surface area contributed by atoms with E-state index in [0.29, 0.717) is 0 Å². The van der Waals surface area contributed by atoms with Gasteiger partial charge in [-0.3, -0.25) is 0 Å². The summed E-state index contributed by atoms with van der Waals surface area (Å²) in [5, 5.41) is 1.32. The van der Waals surface area contributed by atoms with Gasteiger partial charge < -0.3 is 4.90 Å². The Bertz CT molecular complexity index is 924. The molecule has 0 atom stereocenters. The molecule has 4 heterocycles. The number of pyridine rings is 1. The fourth-order valence-electron chi connectivity index (χ4n) is 4.37. The van der Waals surface area contributed by atoms with Crippen molar-refractivity contribution in [3.8, 4) is 0 Å². The Morgan fingerprint density at radius 3 is 2.58 bits per heavy atom. The number of thiophene rings is 1. The third kappa shape index (κ3) is 2.14. The summed E-state index contributed by atoms with van der Waals surface area (Å²) in [5.74, 6) is 1.13. The van der Waals surface area contributed by atoms with Crippen LogP contribution in [-0.4, -0.2) is 28.0 Å². The molecule has 0 N–H and O–H groups in total. The van der Waals surface area contributed by atoms with Crippen LogP contribution < -0.4 is 4.90 Å². The second-order valence-electron chi connectivity index (χ2n) is 7.07. The number of aromatic nitrogens is 3. The molecule has 1 aliphatic heterocycles. The number of nitrogens with zero attached hydrogens (tertiary/aromatic N) is 4. The average Bonchev–Trinajstić information content (AvgIpc) is 3.01. The minimum absolute atomic E-state index is 1.12. The van der Waals surface area contributed by atoms with Crippen molar-refractivity contribution in [1.82, 2.24) is 15.0 Å². The highest BCUT2D eigenvalue weighted by molar-refractivity contribution is 7.26. The molecule has 1 fully saturated rings. The molecule has 3 aromatic heterocycles. The molecular formula is C19H22N4S. The van der Waals surface area contributed by atoms with E-state index < -0.39 is 0 Å². The largest absolute Gasteiger partial charge is 0.355 e. The van der Waals surface area contributed by atoms with Gasteiger partial charge in [0.1, 0.15) is 17.0 Å². The van der Waals surface area contributed by atoms with Crippen molar-refractivity contribution >= 4 is 37.6 Å². The molecule has 0 saturated carbocycles. The Morgan fingerprint density at radius 2 is 1.75 bits per heavy atom.